The fourth-order valence-electron chi connectivity index (χ4n) is 1.38. The Morgan fingerprint density at radius 2 is 1.93 bits per heavy atom. The average Bonchev–Trinajstić information content (AvgIpc) is 2.16. The van der Waals surface area contributed by atoms with Gasteiger partial charge in [0.1, 0.15) is 0 Å². The third-order valence-electron chi connectivity index (χ3n) is 2.33. The van der Waals surface area contributed by atoms with Crippen molar-refractivity contribution < 1.29 is 4.79 Å². The van der Waals surface area contributed by atoms with E-state index in [2.05, 4.69) is 42.0 Å². The Morgan fingerprint density at radius 3 is 2.47 bits per heavy atom. The standard InChI is InChI=1S/C12H24BrNO/c1-4-7-11(13)12(15)14-9-6-5-8-10(2)3/h10-11H,4-9H2,1-3H3,(H,14,15)/t11-/m1/s1. The molecule has 0 fully saturated rings. The van der Waals surface area contributed by atoms with E-state index in [1.807, 2.05) is 0 Å². The molecule has 0 radical (unpaired) electrons. The Balaban J connectivity index is 3.38. The van der Waals surface area contributed by atoms with Crippen molar-refractivity contribution in [1.82, 2.24) is 5.32 Å². The molecule has 0 aliphatic rings. The van der Waals surface area contributed by atoms with E-state index in [0.29, 0.717) is 0 Å². The molecule has 0 saturated carbocycles. The first-order chi connectivity index (χ1) is 7.07. The molecule has 0 aromatic carbocycles. The van der Waals surface area contributed by atoms with Crippen LogP contribution in [0.25, 0.3) is 0 Å². The molecule has 90 valence electrons. The number of alkyl halides is 1. The Morgan fingerprint density at radius 1 is 1.27 bits per heavy atom. The molecule has 3 heteroatoms. The van der Waals surface area contributed by atoms with E-state index < -0.39 is 0 Å². The van der Waals surface area contributed by atoms with Gasteiger partial charge in [-0.15, -0.1) is 0 Å². The van der Waals surface area contributed by atoms with Gasteiger partial charge in [-0.1, -0.05) is 56.0 Å². The van der Waals surface area contributed by atoms with Crippen LogP contribution >= 0.6 is 15.9 Å². The summed E-state index contributed by atoms with van der Waals surface area (Å²) in [6.45, 7) is 7.37. The zero-order valence-electron chi connectivity index (χ0n) is 10.2. The van der Waals surface area contributed by atoms with Crippen molar-refractivity contribution >= 4 is 21.8 Å². The van der Waals surface area contributed by atoms with Gasteiger partial charge in [0.2, 0.25) is 5.91 Å². The molecule has 0 spiro atoms. The van der Waals surface area contributed by atoms with Crippen LogP contribution in [0.15, 0.2) is 0 Å². The van der Waals surface area contributed by atoms with Gasteiger partial charge in [0.25, 0.3) is 0 Å². The summed E-state index contributed by atoms with van der Waals surface area (Å²) in [7, 11) is 0. The van der Waals surface area contributed by atoms with Gasteiger partial charge >= 0.3 is 0 Å². The monoisotopic (exact) mass is 277 g/mol. The molecule has 0 rings (SSSR count). The lowest BCUT2D eigenvalue weighted by atomic mass is 10.1. The lowest BCUT2D eigenvalue weighted by molar-refractivity contribution is -0.120. The quantitative estimate of drug-likeness (QED) is 0.534. The van der Waals surface area contributed by atoms with E-state index in [1.54, 1.807) is 0 Å². The van der Waals surface area contributed by atoms with E-state index in [9.17, 15) is 4.79 Å². The molecule has 1 N–H and O–H groups in total. The third kappa shape index (κ3) is 8.91. The summed E-state index contributed by atoms with van der Waals surface area (Å²) < 4.78 is 0. The number of nitrogens with one attached hydrogen (secondary N) is 1. The van der Waals surface area contributed by atoms with E-state index in [0.717, 1.165) is 31.7 Å². The van der Waals surface area contributed by atoms with Gasteiger partial charge in [0, 0.05) is 6.54 Å². The lowest BCUT2D eigenvalue weighted by Gasteiger charge is -2.10. The van der Waals surface area contributed by atoms with Crippen LogP contribution in [-0.4, -0.2) is 17.3 Å². The van der Waals surface area contributed by atoms with Crippen molar-refractivity contribution in [3.63, 3.8) is 0 Å². The highest BCUT2D eigenvalue weighted by molar-refractivity contribution is 9.10. The van der Waals surface area contributed by atoms with E-state index >= 15 is 0 Å². The fraction of sp³-hybridized carbons (Fsp3) is 0.917. The van der Waals surface area contributed by atoms with E-state index in [4.69, 9.17) is 0 Å². The highest BCUT2D eigenvalue weighted by Gasteiger charge is 2.12. The summed E-state index contributed by atoms with van der Waals surface area (Å²) in [5.74, 6) is 0.908. The maximum absolute atomic E-state index is 11.5. The van der Waals surface area contributed by atoms with Gasteiger partial charge in [-0.05, 0) is 18.8 Å². The first-order valence-corrected chi connectivity index (χ1v) is 6.91. The maximum Gasteiger partial charge on any atom is 0.233 e. The summed E-state index contributed by atoms with van der Waals surface area (Å²) in [5.41, 5.74) is 0. The molecule has 0 aliphatic carbocycles. The predicted octanol–water partition coefficient (Wildman–Crippen LogP) is 3.49. The molecule has 0 aromatic heterocycles. The van der Waals surface area contributed by atoms with Crippen LogP contribution < -0.4 is 5.32 Å². The molecule has 0 aromatic rings. The first kappa shape index (κ1) is 14.9. The molecule has 0 unspecified atom stereocenters. The second kappa shape index (κ2) is 9.20. The van der Waals surface area contributed by atoms with E-state index in [1.165, 1.54) is 12.8 Å². The molecule has 0 heterocycles. The van der Waals surface area contributed by atoms with Crippen LogP contribution in [0.3, 0.4) is 0 Å². The van der Waals surface area contributed by atoms with Gasteiger partial charge in [0.15, 0.2) is 0 Å². The van der Waals surface area contributed by atoms with Crippen molar-refractivity contribution in [2.24, 2.45) is 5.92 Å². The van der Waals surface area contributed by atoms with Crippen molar-refractivity contribution in [3.05, 3.63) is 0 Å². The average molecular weight is 278 g/mol. The number of halogens is 1. The first-order valence-electron chi connectivity index (χ1n) is 5.99. The number of hydrogen-bond acceptors (Lipinski definition) is 1. The summed E-state index contributed by atoms with van der Waals surface area (Å²) in [5, 5.41) is 2.96. The zero-order chi connectivity index (χ0) is 11.7. The minimum absolute atomic E-state index is 0.00685. The molecule has 1 atom stereocenters. The van der Waals surface area contributed by atoms with Crippen LogP contribution in [-0.2, 0) is 4.79 Å². The van der Waals surface area contributed by atoms with Crippen molar-refractivity contribution in [2.75, 3.05) is 6.54 Å². The summed E-state index contributed by atoms with van der Waals surface area (Å²) in [6.07, 6.45) is 5.51. The largest absolute Gasteiger partial charge is 0.355 e. The Hall–Kier alpha value is -0.0500. The minimum atomic E-state index is -0.00685. The van der Waals surface area contributed by atoms with Gasteiger partial charge in [-0.2, -0.15) is 0 Å². The van der Waals surface area contributed by atoms with Gasteiger partial charge in [0.05, 0.1) is 4.83 Å². The van der Waals surface area contributed by atoms with Crippen LogP contribution in [0.1, 0.15) is 52.9 Å². The molecular formula is C12H24BrNO. The summed E-state index contributed by atoms with van der Waals surface area (Å²) in [4.78, 5) is 11.5. The van der Waals surface area contributed by atoms with Gasteiger partial charge in [-0.25, -0.2) is 0 Å². The zero-order valence-corrected chi connectivity index (χ0v) is 11.8. The highest BCUT2D eigenvalue weighted by atomic mass is 79.9. The molecule has 1 amide bonds. The second-order valence-electron chi connectivity index (χ2n) is 4.44. The number of rotatable bonds is 8. The molecule has 0 aliphatic heterocycles. The lowest BCUT2D eigenvalue weighted by Crippen LogP contribution is -2.31. The van der Waals surface area contributed by atoms with Gasteiger partial charge in [-0.3, -0.25) is 4.79 Å². The molecule has 15 heavy (non-hydrogen) atoms. The van der Waals surface area contributed by atoms with Crippen LogP contribution in [0.5, 0.6) is 0 Å². The van der Waals surface area contributed by atoms with Crippen LogP contribution in [0, 0.1) is 5.92 Å². The number of amides is 1. The van der Waals surface area contributed by atoms with Crippen molar-refractivity contribution in [1.29, 1.82) is 0 Å². The number of hydrogen-bond donors (Lipinski definition) is 1. The third-order valence-corrected chi connectivity index (χ3v) is 3.21. The Bertz CT molecular complexity index is 171. The molecule has 0 bridgehead atoms. The fourth-order valence-corrected chi connectivity index (χ4v) is 2.00. The Labute approximate surface area is 102 Å². The van der Waals surface area contributed by atoms with Crippen LogP contribution in [0.2, 0.25) is 0 Å². The summed E-state index contributed by atoms with van der Waals surface area (Å²) >= 11 is 3.38. The second-order valence-corrected chi connectivity index (χ2v) is 5.54. The number of unbranched alkanes of at least 4 members (excludes halogenated alkanes) is 1. The predicted molar refractivity (Wildman–Crippen MR) is 69.3 cm³/mol. The number of carbonyl (C=O) groups excluding carboxylic acids is 1. The topological polar surface area (TPSA) is 29.1 Å². The molecule has 2 nitrogen and oxygen atoms in total. The SMILES string of the molecule is CCC[C@@H](Br)C(=O)NCCCCC(C)C. The smallest absolute Gasteiger partial charge is 0.233 e. The number of carbonyl (C=O) groups is 1. The minimum Gasteiger partial charge on any atom is -0.355 e. The molecular weight excluding hydrogens is 254 g/mol. The normalized spacial score (nSPS) is 12.9. The van der Waals surface area contributed by atoms with Crippen molar-refractivity contribution in [2.45, 2.75) is 57.7 Å². The molecule has 0 saturated heterocycles. The maximum atomic E-state index is 11.5. The summed E-state index contributed by atoms with van der Waals surface area (Å²) in [6, 6.07) is 0. The Kier molecular flexibility index (Phi) is 9.17. The van der Waals surface area contributed by atoms with Gasteiger partial charge < -0.3 is 5.32 Å². The van der Waals surface area contributed by atoms with Crippen molar-refractivity contribution in [3.8, 4) is 0 Å². The van der Waals surface area contributed by atoms with Crippen LogP contribution in [0.4, 0.5) is 0 Å². The highest BCUT2D eigenvalue weighted by Crippen LogP contribution is 2.08. The van der Waals surface area contributed by atoms with E-state index in [-0.39, 0.29) is 10.7 Å².